The monoisotopic (exact) mass is 256 g/mol. The summed E-state index contributed by atoms with van der Waals surface area (Å²) in [6.45, 7) is 5.98. The molecule has 0 amide bonds. The van der Waals surface area contributed by atoms with Crippen molar-refractivity contribution in [2.75, 3.05) is 0 Å². The molecule has 2 rings (SSSR count). The van der Waals surface area contributed by atoms with Gasteiger partial charge in [0, 0.05) is 12.3 Å². The van der Waals surface area contributed by atoms with Gasteiger partial charge in [0.15, 0.2) is 0 Å². The number of fused-ring (bicyclic) bond motifs is 1. The maximum Gasteiger partial charge on any atom is 0.129 e. The topological polar surface area (TPSA) is 17.1 Å². The van der Waals surface area contributed by atoms with Crippen LogP contribution in [0.1, 0.15) is 62.5 Å². The van der Waals surface area contributed by atoms with Crippen LogP contribution in [0.15, 0.2) is 36.4 Å². The van der Waals surface area contributed by atoms with Gasteiger partial charge in [-0.1, -0.05) is 36.4 Å². The molecule has 1 nitrogen and oxygen atoms in total. The molecule has 0 fully saturated rings. The Morgan fingerprint density at radius 2 is 2.00 bits per heavy atom. The van der Waals surface area contributed by atoms with E-state index < -0.39 is 0 Å². The third-order valence-electron chi connectivity index (χ3n) is 4.14. The van der Waals surface area contributed by atoms with Gasteiger partial charge in [-0.25, -0.2) is 0 Å². The van der Waals surface area contributed by atoms with Crippen molar-refractivity contribution in [2.24, 2.45) is 0 Å². The van der Waals surface area contributed by atoms with Crippen molar-refractivity contribution in [3.05, 3.63) is 47.5 Å². The van der Waals surface area contributed by atoms with Gasteiger partial charge in [-0.3, -0.25) is 0 Å². The van der Waals surface area contributed by atoms with E-state index in [9.17, 15) is 4.79 Å². The number of carbonyl (C=O) groups excluding carboxylic acids is 1. The normalized spacial score (nSPS) is 17.8. The molecule has 1 aromatic carbocycles. The highest BCUT2D eigenvalue weighted by atomic mass is 16.1. The molecule has 0 spiro atoms. The van der Waals surface area contributed by atoms with Gasteiger partial charge in [-0.15, -0.1) is 0 Å². The zero-order chi connectivity index (χ0) is 13.7. The number of benzene rings is 1. The van der Waals surface area contributed by atoms with E-state index in [1.807, 2.05) is 0 Å². The fraction of sp³-hybridized carbons (Fsp3) is 0.500. The van der Waals surface area contributed by atoms with Gasteiger partial charge in [0.1, 0.15) is 5.78 Å². The van der Waals surface area contributed by atoms with Crippen molar-refractivity contribution in [2.45, 2.75) is 57.8 Å². The van der Waals surface area contributed by atoms with E-state index in [1.54, 1.807) is 6.92 Å². The minimum atomic E-state index is 0.300. The molecule has 1 aliphatic carbocycles. The molecule has 1 heteroatoms. The van der Waals surface area contributed by atoms with E-state index in [-0.39, 0.29) is 0 Å². The van der Waals surface area contributed by atoms with Crippen LogP contribution in [0.25, 0.3) is 0 Å². The third-order valence-corrected chi connectivity index (χ3v) is 4.14. The molecule has 0 saturated heterocycles. The first-order valence-corrected chi connectivity index (χ1v) is 7.43. The minimum absolute atomic E-state index is 0.300. The SMILES string of the molecule is C=C(CCCCC(C)=O)C1CCCc2ccccc21. The first-order valence-electron chi connectivity index (χ1n) is 7.43. The number of aryl methyl sites for hydroxylation is 1. The van der Waals surface area contributed by atoms with Gasteiger partial charge in [0.25, 0.3) is 0 Å². The van der Waals surface area contributed by atoms with Crippen molar-refractivity contribution in [1.29, 1.82) is 0 Å². The van der Waals surface area contributed by atoms with Gasteiger partial charge in [-0.05, 0) is 56.6 Å². The first-order chi connectivity index (χ1) is 9.18. The number of carbonyl (C=O) groups is 1. The molecule has 0 heterocycles. The molecule has 1 atom stereocenters. The molecular weight excluding hydrogens is 232 g/mol. The second-order valence-corrected chi connectivity index (χ2v) is 5.71. The lowest BCUT2D eigenvalue weighted by molar-refractivity contribution is -0.117. The fourth-order valence-corrected chi connectivity index (χ4v) is 3.08. The van der Waals surface area contributed by atoms with Crippen LogP contribution < -0.4 is 0 Å². The van der Waals surface area contributed by atoms with Crippen molar-refractivity contribution >= 4 is 5.78 Å². The molecule has 0 N–H and O–H groups in total. The zero-order valence-electron chi connectivity index (χ0n) is 12.0. The molecule has 1 aromatic rings. The second-order valence-electron chi connectivity index (χ2n) is 5.71. The van der Waals surface area contributed by atoms with Gasteiger partial charge >= 0.3 is 0 Å². The van der Waals surface area contributed by atoms with Gasteiger partial charge in [0.05, 0.1) is 0 Å². The van der Waals surface area contributed by atoms with Crippen molar-refractivity contribution in [1.82, 2.24) is 0 Å². The lowest BCUT2D eigenvalue weighted by Gasteiger charge is -2.27. The van der Waals surface area contributed by atoms with Crippen LogP contribution in [0.3, 0.4) is 0 Å². The molecule has 0 saturated carbocycles. The summed E-state index contributed by atoms with van der Waals surface area (Å²) in [7, 11) is 0. The summed E-state index contributed by atoms with van der Waals surface area (Å²) in [6, 6.07) is 8.79. The number of Topliss-reactive ketones (excluding diaryl/α,β-unsaturated/α-hetero) is 1. The average molecular weight is 256 g/mol. The van der Waals surface area contributed by atoms with Crippen LogP contribution in [-0.4, -0.2) is 5.78 Å². The standard InChI is InChI=1S/C18H24O/c1-14(8-3-4-9-15(2)19)17-13-7-11-16-10-5-6-12-18(16)17/h5-6,10,12,17H,1,3-4,7-9,11,13H2,2H3. The van der Waals surface area contributed by atoms with Crippen LogP contribution in [0, 0.1) is 0 Å². The molecule has 1 aliphatic rings. The van der Waals surface area contributed by atoms with E-state index in [4.69, 9.17) is 0 Å². The van der Waals surface area contributed by atoms with Crippen molar-refractivity contribution in [3.8, 4) is 0 Å². The predicted molar refractivity (Wildman–Crippen MR) is 80.4 cm³/mol. The van der Waals surface area contributed by atoms with Crippen LogP contribution in [0.4, 0.5) is 0 Å². The van der Waals surface area contributed by atoms with Gasteiger partial charge < -0.3 is 4.79 Å². The molecule has 0 radical (unpaired) electrons. The van der Waals surface area contributed by atoms with Gasteiger partial charge in [-0.2, -0.15) is 0 Å². The Kier molecular flexibility index (Phi) is 4.95. The van der Waals surface area contributed by atoms with E-state index in [1.165, 1.54) is 36.0 Å². The molecule has 0 aliphatic heterocycles. The molecule has 0 bridgehead atoms. The lowest BCUT2D eigenvalue weighted by Crippen LogP contribution is -2.11. The molecule has 1 unspecified atom stereocenters. The second kappa shape index (κ2) is 6.70. The van der Waals surface area contributed by atoms with Crippen LogP contribution in [0.5, 0.6) is 0 Å². The van der Waals surface area contributed by atoms with Crippen LogP contribution in [-0.2, 0) is 11.2 Å². The Hall–Kier alpha value is -1.37. The number of unbranched alkanes of at least 4 members (excludes halogenated alkanes) is 1. The van der Waals surface area contributed by atoms with Crippen molar-refractivity contribution in [3.63, 3.8) is 0 Å². The maximum absolute atomic E-state index is 10.9. The Morgan fingerprint density at radius 1 is 1.26 bits per heavy atom. The summed E-state index contributed by atoms with van der Waals surface area (Å²) >= 11 is 0. The predicted octanol–water partition coefficient (Wildman–Crippen LogP) is 4.81. The van der Waals surface area contributed by atoms with Crippen LogP contribution in [0.2, 0.25) is 0 Å². The summed E-state index contributed by atoms with van der Waals surface area (Å²) < 4.78 is 0. The summed E-state index contributed by atoms with van der Waals surface area (Å²) in [5.41, 5.74) is 4.35. The smallest absolute Gasteiger partial charge is 0.129 e. The number of ketones is 1. The number of allylic oxidation sites excluding steroid dienone is 1. The Balaban J connectivity index is 1.92. The minimum Gasteiger partial charge on any atom is -0.300 e. The summed E-state index contributed by atoms with van der Waals surface area (Å²) in [4.78, 5) is 10.9. The number of hydrogen-bond donors (Lipinski definition) is 0. The van der Waals surface area contributed by atoms with Crippen LogP contribution >= 0.6 is 0 Å². The van der Waals surface area contributed by atoms with E-state index in [2.05, 4.69) is 30.8 Å². The van der Waals surface area contributed by atoms with Crippen molar-refractivity contribution < 1.29 is 4.79 Å². The van der Waals surface area contributed by atoms with E-state index in [0.717, 1.165) is 19.3 Å². The quantitative estimate of drug-likeness (QED) is 0.527. The van der Waals surface area contributed by atoms with Gasteiger partial charge in [0.2, 0.25) is 0 Å². The lowest BCUT2D eigenvalue weighted by atomic mass is 9.78. The van der Waals surface area contributed by atoms with E-state index >= 15 is 0 Å². The summed E-state index contributed by atoms with van der Waals surface area (Å²) in [5.74, 6) is 0.843. The molecule has 0 aromatic heterocycles. The first kappa shape index (κ1) is 14.0. The highest BCUT2D eigenvalue weighted by Gasteiger charge is 2.21. The Morgan fingerprint density at radius 3 is 2.79 bits per heavy atom. The summed E-state index contributed by atoms with van der Waals surface area (Å²) in [6.07, 6.45) is 7.60. The Bertz CT molecular complexity index is 459. The highest BCUT2D eigenvalue weighted by molar-refractivity contribution is 5.75. The highest BCUT2D eigenvalue weighted by Crippen LogP contribution is 2.37. The zero-order valence-corrected chi connectivity index (χ0v) is 12.0. The molecule has 102 valence electrons. The molecular formula is C18H24O. The summed E-state index contributed by atoms with van der Waals surface area (Å²) in [5, 5.41) is 0. The average Bonchev–Trinajstić information content (AvgIpc) is 2.42. The maximum atomic E-state index is 10.9. The largest absolute Gasteiger partial charge is 0.300 e. The Labute approximate surface area is 116 Å². The third kappa shape index (κ3) is 3.79. The molecule has 19 heavy (non-hydrogen) atoms. The number of rotatable bonds is 6. The van der Waals surface area contributed by atoms with E-state index in [0.29, 0.717) is 18.1 Å². The number of hydrogen-bond acceptors (Lipinski definition) is 1. The fourth-order valence-electron chi connectivity index (χ4n) is 3.08.